The number of nitrogens with zero attached hydrogens (tertiary/aromatic N) is 3. The van der Waals surface area contributed by atoms with E-state index in [1.807, 2.05) is 6.07 Å². The Morgan fingerprint density at radius 3 is 2.52 bits per heavy atom. The van der Waals surface area contributed by atoms with Crippen LogP contribution in [-0.2, 0) is 18.3 Å². The second kappa shape index (κ2) is 6.74. The molecular weight excluding hydrogens is 320 g/mol. The van der Waals surface area contributed by atoms with Gasteiger partial charge in [-0.05, 0) is 31.7 Å². The third-order valence-electron chi connectivity index (χ3n) is 3.91. The molecule has 0 saturated carbocycles. The predicted molar refractivity (Wildman–Crippen MR) is 96.8 cm³/mol. The number of rotatable bonds is 4. The summed E-state index contributed by atoms with van der Waals surface area (Å²) in [5.74, 6) is 0.159. The summed E-state index contributed by atoms with van der Waals surface area (Å²) in [4.78, 5) is 24.7. The Morgan fingerprint density at radius 1 is 1.32 bits per heavy atom. The maximum absolute atomic E-state index is 12.6. The molecule has 1 atom stereocenters. The molecule has 0 aromatic carbocycles. The van der Waals surface area contributed by atoms with Crippen molar-refractivity contribution in [2.75, 3.05) is 5.32 Å². The Balaban J connectivity index is 2.21. The molecule has 0 saturated heterocycles. The first kappa shape index (κ1) is 18.8. The monoisotopic (exact) mass is 346 g/mol. The van der Waals surface area contributed by atoms with E-state index in [2.05, 4.69) is 31.2 Å². The zero-order valence-corrected chi connectivity index (χ0v) is 15.6. The largest absolute Gasteiger partial charge is 0.508 e. The average molecular weight is 346 g/mol. The Kier molecular flexibility index (Phi) is 5.06. The van der Waals surface area contributed by atoms with Gasteiger partial charge in [0.1, 0.15) is 17.6 Å². The summed E-state index contributed by atoms with van der Waals surface area (Å²) in [5, 5.41) is 16.7. The predicted octanol–water partition coefficient (Wildman–Crippen LogP) is 2.38. The van der Waals surface area contributed by atoms with Crippen LogP contribution in [0.15, 0.2) is 23.0 Å². The minimum Gasteiger partial charge on any atom is -0.508 e. The molecule has 0 aliphatic heterocycles. The second-order valence-corrected chi connectivity index (χ2v) is 7.61. The lowest BCUT2D eigenvalue weighted by atomic mass is 9.91. The number of aromatic hydroxyl groups is 1. The number of aryl methyl sites for hydroxylation is 2. The summed E-state index contributed by atoms with van der Waals surface area (Å²) in [5.41, 5.74) is 1.10. The molecule has 0 spiro atoms. The third-order valence-corrected chi connectivity index (χ3v) is 3.91. The fourth-order valence-electron chi connectivity index (χ4n) is 2.81. The van der Waals surface area contributed by atoms with Gasteiger partial charge in [0.25, 0.3) is 5.56 Å². The molecule has 7 nitrogen and oxygen atoms in total. The van der Waals surface area contributed by atoms with Gasteiger partial charge >= 0.3 is 0 Å². The van der Waals surface area contributed by atoms with Crippen LogP contribution in [0.4, 0.5) is 5.82 Å². The molecule has 2 N–H and O–H groups in total. The number of anilines is 1. The molecule has 0 aliphatic carbocycles. The molecule has 136 valence electrons. The van der Waals surface area contributed by atoms with Crippen molar-refractivity contribution in [2.24, 2.45) is 12.5 Å². The van der Waals surface area contributed by atoms with Crippen molar-refractivity contribution in [3.05, 3.63) is 39.9 Å². The van der Waals surface area contributed by atoms with Gasteiger partial charge in [-0.3, -0.25) is 14.3 Å². The molecule has 1 unspecified atom stereocenters. The number of amides is 1. The van der Waals surface area contributed by atoms with Crippen LogP contribution in [0.5, 0.6) is 5.75 Å². The molecule has 2 rings (SSSR count). The summed E-state index contributed by atoms with van der Waals surface area (Å²) in [7, 11) is 1.77. The molecule has 0 fully saturated rings. The van der Waals surface area contributed by atoms with Crippen molar-refractivity contribution in [3.63, 3.8) is 0 Å². The first-order chi connectivity index (χ1) is 11.5. The van der Waals surface area contributed by atoms with Gasteiger partial charge in [-0.25, -0.2) is 0 Å². The average Bonchev–Trinajstić information content (AvgIpc) is 2.74. The van der Waals surface area contributed by atoms with Gasteiger partial charge < -0.3 is 15.0 Å². The Hall–Kier alpha value is -2.57. The van der Waals surface area contributed by atoms with Crippen molar-refractivity contribution >= 4 is 11.7 Å². The van der Waals surface area contributed by atoms with E-state index in [-0.39, 0.29) is 17.1 Å². The molecule has 2 heterocycles. The van der Waals surface area contributed by atoms with Crippen molar-refractivity contribution < 1.29 is 9.90 Å². The topological polar surface area (TPSA) is 89.2 Å². The van der Waals surface area contributed by atoms with E-state index in [0.717, 1.165) is 18.2 Å². The summed E-state index contributed by atoms with van der Waals surface area (Å²) < 4.78 is 2.97. The maximum Gasteiger partial charge on any atom is 0.255 e. The summed E-state index contributed by atoms with van der Waals surface area (Å²) >= 11 is 0. The summed E-state index contributed by atoms with van der Waals surface area (Å²) in [6.07, 6.45) is 0.794. The Labute approximate surface area is 147 Å². The van der Waals surface area contributed by atoms with Gasteiger partial charge in [-0.15, -0.1) is 0 Å². The lowest BCUT2D eigenvalue weighted by Crippen LogP contribution is -2.32. The normalized spacial score (nSPS) is 12.9. The van der Waals surface area contributed by atoms with E-state index < -0.39 is 11.6 Å². The van der Waals surface area contributed by atoms with E-state index in [4.69, 9.17) is 0 Å². The zero-order chi connectivity index (χ0) is 18.9. The van der Waals surface area contributed by atoms with Gasteiger partial charge in [0.2, 0.25) is 5.91 Å². The van der Waals surface area contributed by atoms with E-state index in [0.29, 0.717) is 11.5 Å². The first-order valence-electron chi connectivity index (χ1n) is 8.24. The van der Waals surface area contributed by atoms with Crippen LogP contribution in [0.3, 0.4) is 0 Å². The lowest BCUT2D eigenvalue weighted by molar-refractivity contribution is -0.119. The van der Waals surface area contributed by atoms with Gasteiger partial charge in [-0.1, -0.05) is 20.8 Å². The van der Waals surface area contributed by atoms with Crippen LogP contribution in [0, 0.1) is 12.3 Å². The van der Waals surface area contributed by atoms with Crippen molar-refractivity contribution in [1.82, 2.24) is 14.3 Å². The van der Waals surface area contributed by atoms with Crippen LogP contribution in [0.25, 0.3) is 0 Å². The first-order valence-corrected chi connectivity index (χ1v) is 8.24. The molecule has 0 aliphatic rings. The standard InChI is InChI=1S/C18H26N4O3/c1-11-7-14(23)9-16(24)22(11)12(2)17(25)19-15-8-13(20-21(15)6)10-18(3,4)5/h7-9,12,23H,10H2,1-6H3,(H,19,25). The van der Waals surface area contributed by atoms with E-state index in [1.165, 1.54) is 10.6 Å². The van der Waals surface area contributed by atoms with E-state index in [9.17, 15) is 14.7 Å². The van der Waals surface area contributed by atoms with Crippen LogP contribution < -0.4 is 10.9 Å². The maximum atomic E-state index is 12.6. The Bertz CT molecular complexity index is 843. The SMILES string of the molecule is Cc1cc(O)cc(=O)n1C(C)C(=O)Nc1cc(CC(C)(C)C)nn1C. The molecule has 2 aromatic rings. The summed E-state index contributed by atoms with van der Waals surface area (Å²) in [6.45, 7) is 9.70. The zero-order valence-electron chi connectivity index (χ0n) is 15.6. The van der Waals surface area contributed by atoms with Crippen LogP contribution in [0.1, 0.15) is 45.1 Å². The van der Waals surface area contributed by atoms with Crippen molar-refractivity contribution in [1.29, 1.82) is 0 Å². The minimum absolute atomic E-state index is 0.0966. The number of aromatic nitrogens is 3. The fraction of sp³-hybridized carbons (Fsp3) is 0.500. The fourth-order valence-corrected chi connectivity index (χ4v) is 2.81. The number of carbonyl (C=O) groups excluding carboxylic acids is 1. The highest BCUT2D eigenvalue weighted by Gasteiger charge is 2.21. The van der Waals surface area contributed by atoms with E-state index >= 15 is 0 Å². The molecule has 0 bridgehead atoms. The van der Waals surface area contributed by atoms with E-state index in [1.54, 1.807) is 25.6 Å². The quantitative estimate of drug-likeness (QED) is 0.889. The number of carbonyl (C=O) groups is 1. The third kappa shape index (κ3) is 4.49. The van der Waals surface area contributed by atoms with Gasteiger partial charge in [0.05, 0.1) is 5.69 Å². The number of nitrogens with one attached hydrogen (secondary N) is 1. The molecule has 1 amide bonds. The van der Waals surface area contributed by atoms with Crippen LogP contribution >= 0.6 is 0 Å². The van der Waals surface area contributed by atoms with Crippen molar-refractivity contribution in [2.45, 2.75) is 47.1 Å². The van der Waals surface area contributed by atoms with Gasteiger partial charge in [0.15, 0.2) is 0 Å². The lowest BCUT2D eigenvalue weighted by Gasteiger charge is -2.17. The molecule has 0 radical (unpaired) electrons. The number of hydrogen-bond acceptors (Lipinski definition) is 4. The molecule has 25 heavy (non-hydrogen) atoms. The van der Waals surface area contributed by atoms with Gasteiger partial charge in [-0.2, -0.15) is 5.10 Å². The van der Waals surface area contributed by atoms with Gasteiger partial charge in [0, 0.05) is 24.9 Å². The van der Waals surface area contributed by atoms with Crippen LogP contribution in [-0.4, -0.2) is 25.4 Å². The Morgan fingerprint density at radius 2 is 1.96 bits per heavy atom. The highest BCUT2D eigenvalue weighted by molar-refractivity contribution is 5.92. The minimum atomic E-state index is -0.714. The number of pyridine rings is 1. The highest BCUT2D eigenvalue weighted by Crippen LogP contribution is 2.22. The van der Waals surface area contributed by atoms with Crippen molar-refractivity contribution in [3.8, 4) is 5.75 Å². The number of hydrogen-bond donors (Lipinski definition) is 2. The van der Waals surface area contributed by atoms with Crippen LogP contribution in [0.2, 0.25) is 0 Å². The highest BCUT2D eigenvalue weighted by atomic mass is 16.3. The molecule has 2 aromatic heterocycles. The second-order valence-electron chi connectivity index (χ2n) is 7.61. The molecular formula is C18H26N4O3. The smallest absolute Gasteiger partial charge is 0.255 e. The summed E-state index contributed by atoms with van der Waals surface area (Å²) in [6, 6.07) is 3.69. The molecule has 7 heteroatoms.